The fraction of sp³-hybridized carbons (Fsp3) is 0.656. The summed E-state index contributed by atoms with van der Waals surface area (Å²) in [4.78, 5) is 181. The van der Waals surface area contributed by atoms with Crippen LogP contribution in [-0.2, 0) is 68.7 Å². The van der Waals surface area contributed by atoms with E-state index in [1.165, 1.54) is 20.8 Å². The van der Waals surface area contributed by atoms with Gasteiger partial charge < -0.3 is 120 Å². The lowest BCUT2D eigenvalue weighted by Gasteiger charge is -2.28. The maximum atomic E-state index is 14.1. The monoisotopic (exact) mass is 1390 g/mol. The molecule has 0 aliphatic heterocycles. The van der Waals surface area contributed by atoms with Crippen LogP contribution in [0.4, 0.5) is 0 Å². The number of aliphatic hydroxyl groups is 2. The Balaban J connectivity index is 2.17. The first-order valence-electron chi connectivity index (χ1n) is 32.9. The highest BCUT2D eigenvalue weighted by Crippen LogP contribution is 2.27. The van der Waals surface area contributed by atoms with Crippen molar-refractivity contribution in [3.8, 4) is 0 Å². The van der Waals surface area contributed by atoms with Crippen LogP contribution in [0.5, 0.6) is 0 Å². The molecule has 0 radical (unpaired) electrons. The van der Waals surface area contributed by atoms with Crippen molar-refractivity contribution in [2.45, 2.75) is 196 Å². The summed E-state index contributed by atoms with van der Waals surface area (Å²) in [6.07, 6.45) is 4.87. The van der Waals surface area contributed by atoms with Gasteiger partial charge in [0, 0.05) is 13.1 Å². The molecule has 0 aromatic heterocycles. The van der Waals surface area contributed by atoms with E-state index in [2.05, 4.69) is 73.8 Å². The van der Waals surface area contributed by atoms with Crippen molar-refractivity contribution in [1.29, 1.82) is 0 Å². The number of primary amides is 1. The van der Waals surface area contributed by atoms with Crippen molar-refractivity contribution in [3.63, 3.8) is 0 Å². The molecular formula is C61H106N22O15. The number of guanidine groups is 2. The van der Waals surface area contributed by atoms with Crippen molar-refractivity contribution in [2.24, 2.45) is 61.8 Å². The predicted octanol–water partition coefficient (Wildman–Crippen LogP) is -8.50. The molecule has 13 amide bonds. The number of hydrogen-bond donors (Lipinski definition) is 22. The number of nitrogens with one attached hydrogen (secondary N) is 12. The summed E-state index contributed by atoms with van der Waals surface area (Å²) in [6, 6.07) is -4.64. The van der Waals surface area contributed by atoms with Gasteiger partial charge in [-0.25, -0.2) is 0 Å². The second-order valence-electron chi connectivity index (χ2n) is 24.0. The van der Waals surface area contributed by atoms with Gasteiger partial charge in [-0.05, 0) is 122 Å². The fourth-order valence-electron chi connectivity index (χ4n) is 10.1. The molecule has 1 fully saturated rings. The average Bonchev–Trinajstić information content (AvgIpc) is 0.887. The highest BCUT2D eigenvalue weighted by molar-refractivity contribution is 5.99. The minimum atomic E-state index is -1.72. The maximum Gasteiger partial charge on any atom is 0.245 e. The summed E-state index contributed by atoms with van der Waals surface area (Å²) in [7, 11) is 0. The summed E-state index contributed by atoms with van der Waals surface area (Å²) in [5.41, 5.74) is 45.5. The zero-order chi connectivity index (χ0) is 73.3. The Morgan fingerprint density at radius 1 is 0.469 bits per heavy atom. The SMILES string of the molecule is C[C@H](NC(=O)CNC(=O)[C@@H](NC(=O)[C@H](CC1CCCCC1)NC(=O)CNC(=O)CNC(=O)[C@@H](N)Cc1ccccc1)[C@@H](C)O)C(=O)N[C@@H](CCCN=C(N)N)C(=O)N[C@@H](CCCCN)C(=O)N[C@@H](CO)C(=O)N[C@@H](C)C(=O)N[C@@H](CCCN=C(N)N)C(=O)N[C@@H](CCCCN)C(N)=O. The Morgan fingerprint density at radius 3 is 1.40 bits per heavy atom. The van der Waals surface area contributed by atoms with E-state index in [9.17, 15) is 72.5 Å². The lowest BCUT2D eigenvalue weighted by atomic mass is 9.84. The molecule has 0 unspecified atom stereocenters. The molecule has 11 atom stereocenters. The molecule has 1 aliphatic rings. The van der Waals surface area contributed by atoms with E-state index >= 15 is 0 Å². The number of benzene rings is 1. The van der Waals surface area contributed by atoms with Crippen LogP contribution in [0.25, 0.3) is 0 Å². The van der Waals surface area contributed by atoms with Gasteiger partial charge in [-0.3, -0.25) is 72.3 Å². The molecule has 37 heteroatoms. The molecule has 37 nitrogen and oxygen atoms in total. The van der Waals surface area contributed by atoms with E-state index in [1.54, 1.807) is 24.3 Å². The lowest BCUT2D eigenvalue weighted by molar-refractivity contribution is -0.136. The average molecular weight is 1390 g/mol. The first-order chi connectivity index (χ1) is 46.5. The highest BCUT2D eigenvalue weighted by atomic mass is 16.3. The molecule has 0 spiro atoms. The Kier molecular flexibility index (Phi) is 40.4. The van der Waals surface area contributed by atoms with E-state index in [4.69, 9.17) is 45.9 Å². The van der Waals surface area contributed by atoms with Crippen LogP contribution < -0.4 is 110 Å². The number of carbonyl (C=O) groups is 13. The summed E-state index contributed by atoms with van der Waals surface area (Å²) in [5.74, 6) is -11.8. The van der Waals surface area contributed by atoms with E-state index in [0.29, 0.717) is 25.8 Å². The number of hydrogen-bond acceptors (Lipinski definition) is 20. The number of unbranched alkanes of at least 4 members (excludes halogenated alkanes) is 2. The van der Waals surface area contributed by atoms with E-state index in [0.717, 1.165) is 37.7 Å². The largest absolute Gasteiger partial charge is 0.394 e. The number of rotatable bonds is 47. The van der Waals surface area contributed by atoms with Gasteiger partial charge in [0.15, 0.2) is 11.9 Å². The van der Waals surface area contributed by atoms with Crippen molar-refractivity contribution >= 4 is 88.7 Å². The summed E-state index contributed by atoms with van der Waals surface area (Å²) < 4.78 is 0. The van der Waals surface area contributed by atoms with E-state index in [1.807, 2.05) is 6.07 Å². The minimum absolute atomic E-state index is 0.00140. The number of carbonyl (C=O) groups excluding carboxylic acids is 13. The van der Waals surface area contributed by atoms with Gasteiger partial charge in [0.05, 0.1) is 38.4 Å². The molecule has 1 saturated carbocycles. The smallest absolute Gasteiger partial charge is 0.245 e. The minimum Gasteiger partial charge on any atom is -0.394 e. The van der Waals surface area contributed by atoms with Crippen LogP contribution >= 0.6 is 0 Å². The zero-order valence-corrected chi connectivity index (χ0v) is 56.2. The number of nitrogens with zero attached hydrogens (tertiary/aromatic N) is 2. The van der Waals surface area contributed by atoms with Crippen LogP contribution in [0.2, 0.25) is 0 Å². The van der Waals surface area contributed by atoms with E-state index in [-0.39, 0.29) is 95.3 Å². The molecule has 550 valence electrons. The molecule has 0 saturated heterocycles. The van der Waals surface area contributed by atoms with Crippen LogP contribution in [0.3, 0.4) is 0 Å². The summed E-state index contributed by atoms with van der Waals surface area (Å²) in [5, 5.41) is 50.4. The second-order valence-corrected chi connectivity index (χ2v) is 24.0. The molecule has 98 heavy (non-hydrogen) atoms. The number of amides is 13. The Hall–Kier alpha value is -9.33. The van der Waals surface area contributed by atoms with Gasteiger partial charge in [0.2, 0.25) is 76.8 Å². The van der Waals surface area contributed by atoms with Gasteiger partial charge >= 0.3 is 0 Å². The Bertz CT molecular complexity index is 2820. The van der Waals surface area contributed by atoms with Crippen LogP contribution in [0.1, 0.15) is 129 Å². The van der Waals surface area contributed by atoms with Gasteiger partial charge in [-0.15, -0.1) is 0 Å². The molecule has 1 aromatic carbocycles. The third-order valence-corrected chi connectivity index (χ3v) is 15.6. The molecule has 1 aliphatic carbocycles. The lowest BCUT2D eigenvalue weighted by Crippen LogP contribution is -2.60. The normalized spacial score (nSPS) is 15.4. The van der Waals surface area contributed by atoms with Crippen molar-refractivity contribution in [3.05, 3.63) is 35.9 Å². The van der Waals surface area contributed by atoms with Gasteiger partial charge in [-0.2, -0.15) is 0 Å². The van der Waals surface area contributed by atoms with Crippen molar-refractivity contribution in [2.75, 3.05) is 52.4 Å². The maximum absolute atomic E-state index is 14.1. The van der Waals surface area contributed by atoms with Gasteiger partial charge in [0.25, 0.3) is 0 Å². The van der Waals surface area contributed by atoms with E-state index < -0.39 is 170 Å². The fourth-order valence-corrected chi connectivity index (χ4v) is 10.1. The van der Waals surface area contributed by atoms with Crippen molar-refractivity contribution < 1.29 is 72.5 Å². The first-order valence-corrected chi connectivity index (χ1v) is 32.9. The molecule has 0 bridgehead atoms. The number of nitrogens with two attached hydrogens (primary N) is 8. The standard InChI is InChI=1S/C61H106N22O15/c1-34(75-47(87)32-74-59(98)49(36(3)85)83-57(96)44(29-38-18-8-5-9-19-38)77-48(88)31-72-46(86)30-73-53(92)39(64)28-37-16-6-4-7-17-37)51(90)79-43(23-15-27-71-61(68)69)55(94)81-41(21-11-13-25-63)56(95)82-45(33-84)58(97)76-35(2)52(91)80-42(22-14-26-70-60(66)67)54(93)78-40(50(65)89)20-10-12-24-62/h4,6-7,16-17,34-36,38-45,49,84-85H,5,8-15,18-33,62-64H2,1-3H3,(H2,65,89)(H,72,86)(H,73,92)(H,74,98)(H,75,87)(H,76,97)(H,77,88)(H,78,93)(H,79,90)(H,80,91)(H,81,94)(H,82,95)(H,83,96)(H4,66,67,70)(H4,68,69,71)/t34-,35-,36+,39-,40-,41-,42-,43-,44-,45-,49-/m0/s1. The van der Waals surface area contributed by atoms with Crippen LogP contribution in [-0.4, -0.2) is 218 Å². The molecule has 0 heterocycles. The van der Waals surface area contributed by atoms with Gasteiger partial charge in [0.1, 0.15) is 54.4 Å². The molecule has 1 aromatic rings. The Morgan fingerprint density at radius 2 is 0.898 bits per heavy atom. The second kappa shape index (κ2) is 46.8. The number of aliphatic hydroxyl groups excluding tert-OH is 2. The zero-order valence-electron chi connectivity index (χ0n) is 56.2. The number of aliphatic imine (C=N–C) groups is 2. The molecule has 30 N–H and O–H groups in total. The summed E-state index contributed by atoms with van der Waals surface area (Å²) >= 11 is 0. The Labute approximate surface area is 569 Å². The predicted molar refractivity (Wildman–Crippen MR) is 361 cm³/mol. The van der Waals surface area contributed by atoms with Crippen molar-refractivity contribution in [1.82, 2.24) is 63.8 Å². The highest BCUT2D eigenvalue weighted by Gasteiger charge is 2.35. The molecule has 2 rings (SSSR count). The molecular weight excluding hydrogens is 1280 g/mol. The summed E-state index contributed by atoms with van der Waals surface area (Å²) in [6.45, 7) is 1.40. The topological polar surface area (TPSA) is 640 Å². The van der Waals surface area contributed by atoms with Crippen LogP contribution in [0, 0.1) is 5.92 Å². The van der Waals surface area contributed by atoms with Crippen LogP contribution in [0.15, 0.2) is 40.3 Å². The third kappa shape index (κ3) is 34.6. The van der Waals surface area contributed by atoms with Gasteiger partial charge in [-0.1, -0.05) is 62.4 Å². The quantitative estimate of drug-likeness (QED) is 0.0164. The third-order valence-electron chi connectivity index (χ3n) is 15.6. The first kappa shape index (κ1) is 84.8.